The first-order valence-electron chi connectivity index (χ1n) is 12.0. The number of anilines is 1. The van der Waals surface area contributed by atoms with Gasteiger partial charge in [0, 0.05) is 23.9 Å². The Bertz CT molecular complexity index is 1420. The molecule has 39 heavy (non-hydrogen) atoms. The summed E-state index contributed by atoms with van der Waals surface area (Å²) in [4.78, 5) is 22.6. The van der Waals surface area contributed by atoms with Crippen LogP contribution in [0, 0.1) is 0 Å². The van der Waals surface area contributed by atoms with Gasteiger partial charge in [-0.2, -0.15) is 16.8 Å². The van der Waals surface area contributed by atoms with Crippen molar-refractivity contribution in [1.29, 1.82) is 0 Å². The highest BCUT2D eigenvalue weighted by atomic mass is 35.5. The van der Waals surface area contributed by atoms with E-state index in [2.05, 4.69) is 15.0 Å². The lowest BCUT2D eigenvalue weighted by Crippen LogP contribution is -2.82. The number of imidazole rings is 1. The van der Waals surface area contributed by atoms with E-state index in [1.54, 1.807) is 48.6 Å². The fourth-order valence-electron chi connectivity index (χ4n) is 3.87. The topological polar surface area (TPSA) is 103 Å². The summed E-state index contributed by atoms with van der Waals surface area (Å²) >= 11 is 15.9. The summed E-state index contributed by atoms with van der Waals surface area (Å²) in [6.45, 7) is 0.462. The second-order valence-electron chi connectivity index (χ2n) is 8.52. The van der Waals surface area contributed by atoms with Gasteiger partial charge in [0.1, 0.15) is 0 Å². The predicted octanol–water partition coefficient (Wildman–Crippen LogP) is 5.69. The van der Waals surface area contributed by atoms with Crippen LogP contribution in [0.1, 0.15) is 17.7 Å². The average Bonchev–Trinajstić information content (AvgIpc) is 3.45. The molecule has 4 aromatic rings. The number of aliphatic hydroxyl groups excluding tert-OH is 1. The highest BCUT2D eigenvalue weighted by molar-refractivity contribution is 8.00. The van der Waals surface area contributed by atoms with Crippen LogP contribution in [-0.2, 0) is 11.3 Å². The Kier molecular flexibility index (Phi) is 10.2. The second-order valence-corrected chi connectivity index (χ2v) is 11.3. The number of thioether (sulfide) groups is 1. The molecule has 4 rings (SSSR count). The molecule has 7 nitrogen and oxygen atoms in total. The van der Waals surface area contributed by atoms with Crippen molar-refractivity contribution in [1.82, 2.24) is 9.97 Å². The molecule has 0 unspecified atom stereocenters. The Morgan fingerprint density at radius 2 is 1.82 bits per heavy atom. The number of carboxylic acids is 1. The standard InChI is InChI=1S/C28H26Cl2N4O3S2/c1-38-13-12-25(28(36)37)33-27(35)21-11-10-20(14-22(21)18-6-3-2-4-7-18)34(16-19-15-31-17-32-19)39-26-23(29)8-5-9-24(26)30/h2-11,14-15,17,25H,12-13,16H2,1H3,(H,31,32)(H,33,35)(H,36,37)/p+1/t25-/m0/s1. The lowest BCUT2D eigenvalue weighted by Gasteiger charge is -2.25. The number of aromatic amines is 1. The van der Waals surface area contributed by atoms with Gasteiger partial charge in [0.05, 0.1) is 39.1 Å². The molecular formula is C28H27Cl2N4O3S2+. The van der Waals surface area contributed by atoms with E-state index >= 15 is 0 Å². The van der Waals surface area contributed by atoms with E-state index in [4.69, 9.17) is 23.2 Å². The lowest BCUT2D eigenvalue weighted by molar-refractivity contribution is -0.498. The smallest absolute Gasteiger partial charge is 0.373 e. The number of H-pyrrole nitrogens is 1. The van der Waals surface area contributed by atoms with Crippen LogP contribution in [0.4, 0.5) is 5.69 Å². The van der Waals surface area contributed by atoms with Gasteiger partial charge < -0.3 is 19.5 Å². The van der Waals surface area contributed by atoms with E-state index in [9.17, 15) is 15.0 Å². The van der Waals surface area contributed by atoms with Crippen molar-refractivity contribution in [3.63, 3.8) is 0 Å². The van der Waals surface area contributed by atoms with Gasteiger partial charge in [0.2, 0.25) is 0 Å². The van der Waals surface area contributed by atoms with E-state index in [1.165, 1.54) is 11.9 Å². The number of aliphatic hydroxyl groups is 1. The summed E-state index contributed by atoms with van der Waals surface area (Å²) < 4.78 is 2.03. The number of benzene rings is 3. The molecule has 0 saturated carbocycles. The quantitative estimate of drug-likeness (QED) is 0.0939. The number of aromatic nitrogens is 2. The van der Waals surface area contributed by atoms with Crippen LogP contribution >= 0.6 is 46.9 Å². The number of hydrogen-bond donors (Lipinski definition) is 4. The molecule has 3 aromatic carbocycles. The highest BCUT2D eigenvalue weighted by Gasteiger charge is 2.26. The molecule has 11 heteroatoms. The molecule has 1 aromatic heterocycles. The third-order valence-electron chi connectivity index (χ3n) is 5.84. The van der Waals surface area contributed by atoms with Crippen molar-refractivity contribution in [2.45, 2.75) is 23.9 Å². The van der Waals surface area contributed by atoms with Crippen LogP contribution in [-0.4, -0.2) is 50.1 Å². The number of carboxylic acid groups (broad SMARTS) is 1. The third-order valence-corrected chi connectivity index (χ3v) is 8.52. The zero-order chi connectivity index (χ0) is 27.8. The molecule has 0 aliphatic heterocycles. The maximum absolute atomic E-state index is 11.8. The number of rotatable bonds is 12. The lowest BCUT2D eigenvalue weighted by atomic mass is 9.98. The van der Waals surface area contributed by atoms with Gasteiger partial charge in [0.25, 0.3) is 6.04 Å². The third kappa shape index (κ3) is 7.51. The van der Waals surface area contributed by atoms with Crippen LogP contribution in [0.2, 0.25) is 10.0 Å². The molecule has 1 atom stereocenters. The van der Waals surface area contributed by atoms with Crippen molar-refractivity contribution in [3.8, 4) is 11.1 Å². The van der Waals surface area contributed by atoms with Crippen LogP contribution in [0.5, 0.6) is 0 Å². The fraction of sp³-hybridized carbons (Fsp3) is 0.179. The van der Waals surface area contributed by atoms with Crippen molar-refractivity contribution in [3.05, 3.63) is 101 Å². The largest absolute Gasteiger partial charge is 0.476 e. The van der Waals surface area contributed by atoms with E-state index in [0.29, 0.717) is 39.2 Å². The van der Waals surface area contributed by atoms with Gasteiger partial charge in [-0.1, -0.05) is 59.6 Å². The maximum atomic E-state index is 11.8. The summed E-state index contributed by atoms with van der Waals surface area (Å²) in [7, 11) is 0. The van der Waals surface area contributed by atoms with Crippen molar-refractivity contribution in [2.75, 3.05) is 16.3 Å². The Balaban J connectivity index is 1.80. The molecule has 0 amide bonds. The van der Waals surface area contributed by atoms with Crippen molar-refractivity contribution >= 4 is 64.5 Å². The monoisotopic (exact) mass is 601 g/mol. The van der Waals surface area contributed by atoms with Gasteiger partial charge in [-0.05, 0) is 59.9 Å². The minimum atomic E-state index is -1.02. The van der Waals surface area contributed by atoms with Crippen LogP contribution in [0.3, 0.4) is 0 Å². The van der Waals surface area contributed by atoms with Crippen LogP contribution in [0.15, 0.2) is 84.1 Å². The van der Waals surface area contributed by atoms with E-state index < -0.39 is 12.0 Å². The molecule has 0 radical (unpaired) electrons. The molecule has 0 aliphatic rings. The minimum absolute atomic E-state index is 0.198. The first-order chi connectivity index (χ1) is 18.9. The Morgan fingerprint density at radius 3 is 2.46 bits per heavy atom. The number of nitrogens with zero attached hydrogens (tertiary/aromatic N) is 2. The summed E-state index contributed by atoms with van der Waals surface area (Å²) in [5, 5.41) is 21.8. The Hall–Kier alpha value is -3.11. The summed E-state index contributed by atoms with van der Waals surface area (Å²) in [6, 6.07) is 19.7. The first kappa shape index (κ1) is 28.9. The number of hydrogen-bond acceptors (Lipinski definition) is 5. The van der Waals surface area contributed by atoms with Crippen LogP contribution in [0.25, 0.3) is 11.1 Å². The molecule has 202 valence electrons. The van der Waals surface area contributed by atoms with Crippen molar-refractivity contribution in [2.24, 2.45) is 0 Å². The molecule has 0 spiro atoms. The van der Waals surface area contributed by atoms with E-state index in [1.807, 2.05) is 53.0 Å². The van der Waals surface area contributed by atoms with Gasteiger partial charge in [-0.15, -0.1) is 0 Å². The number of aliphatic carboxylic acids is 1. The van der Waals surface area contributed by atoms with Gasteiger partial charge in [-0.25, -0.2) is 9.78 Å². The zero-order valence-electron chi connectivity index (χ0n) is 21.0. The molecule has 1 heterocycles. The summed E-state index contributed by atoms with van der Waals surface area (Å²) in [5.74, 6) is -0.574. The predicted molar refractivity (Wildman–Crippen MR) is 161 cm³/mol. The average molecular weight is 603 g/mol. The van der Waals surface area contributed by atoms with Crippen LogP contribution < -0.4 is 9.30 Å². The Labute approximate surface area is 245 Å². The van der Waals surface area contributed by atoms with Gasteiger partial charge >= 0.3 is 11.9 Å². The minimum Gasteiger partial charge on any atom is -0.476 e. The van der Waals surface area contributed by atoms with Gasteiger partial charge in [-0.3, -0.25) is 0 Å². The SMILES string of the molecule is CSCC[C@H]([NH+]=C(O)c1ccc(N(Cc2cnc[nH]2)Sc2c(Cl)cccc2Cl)cc1-c1ccccc1)C(=O)O. The molecule has 0 fully saturated rings. The summed E-state index contributed by atoms with van der Waals surface area (Å²) in [6.07, 6.45) is 5.65. The second kappa shape index (κ2) is 13.8. The normalized spacial score (nSPS) is 12.3. The molecule has 0 bridgehead atoms. The highest BCUT2D eigenvalue weighted by Crippen LogP contribution is 2.40. The number of nitrogens with one attached hydrogen (secondary N) is 2. The molecular weight excluding hydrogens is 575 g/mol. The Morgan fingerprint density at radius 1 is 1.08 bits per heavy atom. The fourth-order valence-corrected chi connectivity index (χ4v) is 5.90. The molecule has 0 aliphatic carbocycles. The van der Waals surface area contributed by atoms with E-state index in [0.717, 1.165) is 22.5 Å². The molecule has 0 saturated heterocycles. The molecule has 4 N–H and O–H groups in total. The van der Waals surface area contributed by atoms with Gasteiger partial charge in [0.15, 0.2) is 0 Å². The zero-order valence-corrected chi connectivity index (χ0v) is 24.1. The number of halogens is 2. The number of carbonyl (C=O) groups is 1. The van der Waals surface area contributed by atoms with E-state index in [-0.39, 0.29) is 5.90 Å². The maximum Gasteiger partial charge on any atom is 0.373 e. The van der Waals surface area contributed by atoms with Crippen molar-refractivity contribution < 1.29 is 20.0 Å². The first-order valence-corrected chi connectivity index (χ1v) is 14.9. The summed E-state index contributed by atoms with van der Waals surface area (Å²) in [5.41, 5.74) is 3.78.